The maximum atomic E-state index is 12.7. The van der Waals surface area contributed by atoms with E-state index in [9.17, 15) is 9.59 Å². The van der Waals surface area contributed by atoms with Gasteiger partial charge in [0.1, 0.15) is 5.78 Å². The Hall–Kier alpha value is -0.860. The smallest absolute Gasteiger partial charge is 0.225 e. The van der Waals surface area contributed by atoms with Gasteiger partial charge in [0.15, 0.2) is 0 Å². The van der Waals surface area contributed by atoms with Crippen LogP contribution in [0.25, 0.3) is 0 Å². The molecule has 3 rings (SSSR count). The molecule has 0 bridgehead atoms. The summed E-state index contributed by atoms with van der Waals surface area (Å²) in [4.78, 5) is 26.8. The van der Waals surface area contributed by atoms with Crippen molar-refractivity contribution in [3.05, 3.63) is 0 Å². The standard InChI is InChI=1S/C16H25NO2/c18-15-10-5-8-13(15)14-9-3-4-11-17(14)16(19)12-6-1-2-7-12/h12-14H,1-11H2. The van der Waals surface area contributed by atoms with Gasteiger partial charge in [-0.15, -0.1) is 0 Å². The van der Waals surface area contributed by atoms with Crippen LogP contribution >= 0.6 is 0 Å². The second-order valence-corrected chi connectivity index (χ2v) is 6.54. The summed E-state index contributed by atoms with van der Waals surface area (Å²) in [5.74, 6) is 1.20. The van der Waals surface area contributed by atoms with Crippen molar-refractivity contribution in [3.8, 4) is 0 Å². The summed E-state index contributed by atoms with van der Waals surface area (Å²) in [6, 6.07) is 0.233. The maximum Gasteiger partial charge on any atom is 0.225 e. The molecule has 19 heavy (non-hydrogen) atoms. The quantitative estimate of drug-likeness (QED) is 0.768. The first-order chi connectivity index (χ1) is 9.27. The molecule has 3 fully saturated rings. The third-order valence-corrected chi connectivity index (χ3v) is 5.35. The van der Waals surface area contributed by atoms with Crippen molar-refractivity contribution in [3.63, 3.8) is 0 Å². The number of nitrogens with zero attached hydrogens (tertiary/aromatic N) is 1. The number of piperidine rings is 1. The number of carbonyl (C=O) groups excluding carboxylic acids is 2. The van der Waals surface area contributed by atoms with Crippen LogP contribution < -0.4 is 0 Å². The van der Waals surface area contributed by atoms with Crippen molar-refractivity contribution in [1.29, 1.82) is 0 Å². The minimum atomic E-state index is 0.158. The lowest BCUT2D eigenvalue weighted by atomic mass is 9.87. The Balaban J connectivity index is 1.72. The number of Topliss-reactive ketones (excluding diaryl/α,β-unsaturated/α-hetero) is 1. The van der Waals surface area contributed by atoms with Crippen LogP contribution in [0.15, 0.2) is 0 Å². The van der Waals surface area contributed by atoms with E-state index in [4.69, 9.17) is 0 Å². The van der Waals surface area contributed by atoms with Gasteiger partial charge in [-0.05, 0) is 44.9 Å². The number of hydrogen-bond donors (Lipinski definition) is 0. The Kier molecular flexibility index (Phi) is 3.90. The Bertz CT molecular complexity index is 360. The largest absolute Gasteiger partial charge is 0.339 e. The molecule has 2 atom stereocenters. The molecule has 0 N–H and O–H groups in total. The van der Waals surface area contributed by atoms with Crippen LogP contribution in [0.2, 0.25) is 0 Å². The van der Waals surface area contributed by atoms with Crippen molar-refractivity contribution in [2.24, 2.45) is 11.8 Å². The van der Waals surface area contributed by atoms with Gasteiger partial charge in [-0.2, -0.15) is 0 Å². The fraction of sp³-hybridized carbons (Fsp3) is 0.875. The molecular formula is C16H25NO2. The molecule has 0 aromatic rings. The first-order valence-electron chi connectivity index (χ1n) is 8.10. The topological polar surface area (TPSA) is 37.4 Å². The van der Waals surface area contributed by atoms with Gasteiger partial charge in [0.2, 0.25) is 5.91 Å². The molecule has 1 amide bonds. The highest BCUT2D eigenvalue weighted by molar-refractivity contribution is 5.85. The first-order valence-corrected chi connectivity index (χ1v) is 8.10. The number of carbonyl (C=O) groups is 2. The molecule has 0 radical (unpaired) electrons. The molecule has 1 heterocycles. The molecule has 2 unspecified atom stereocenters. The fourth-order valence-electron chi connectivity index (χ4n) is 4.31. The Morgan fingerprint density at radius 2 is 1.68 bits per heavy atom. The fourth-order valence-corrected chi connectivity index (χ4v) is 4.31. The lowest BCUT2D eigenvalue weighted by Gasteiger charge is -2.40. The highest BCUT2D eigenvalue weighted by Crippen LogP contribution is 2.35. The van der Waals surface area contributed by atoms with Gasteiger partial charge in [-0.1, -0.05) is 12.8 Å². The van der Waals surface area contributed by atoms with Crippen molar-refractivity contribution in [2.75, 3.05) is 6.54 Å². The summed E-state index contributed by atoms with van der Waals surface area (Å²) in [6.07, 6.45) is 10.7. The molecule has 3 nitrogen and oxygen atoms in total. The average Bonchev–Trinajstić information content (AvgIpc) is 3.09. The van der Waals surface area contributed by atoms with Gasteiger partial charge < -0.3 is 4.90 Å². The van der Waals surface area contributed by atoms with Crippen LogP contribution in [0.1, 0.15) is 64.2 Å². The zero-order chi connectivity index (χ0) is 13.2. The molecule has 3 aliphatic rings. The van der Waals surface area contributed by atoms with Crippen LogP contribution in [0.3, 0.4) is 0 Å². The van der Waals surface area contributed by atoms with Crippen molar-refractivity contribution in [2.45, 2.75) is 70.3 Å². The van der Waals surface area contributed by atoms with Crippen LogP contribution in [-0.4, -0.2) is 29.2 Å². The molecule has 0 aromatic heterocycles. The third-order valence-electron chi connectivity index (χ3n) is 5.35. The lowest BCUT2D eigenvalue weighted by Crippen LogP contribution is -2.50. The number of ketones is 1. The number of amides is 1. The van der Waals surface area contributed by atoms with Crippen molar-refractivity contribution < 1.29 is 9.59 Å². The van der Waals surface area contributed by atoms with E-state index in [1.807, 2.05) is 0 Å². The van der Waals surface area contributed by atoms with Crippen LogP contribution in [0.5, 0.6) is 0 Å². The van der Waals surface area contributed by atoms with Gasteiger partial charge in [-0.3, -0.25) is 9.59 Å². The van der Waals surface area contributed by atoms with Crippen LogP contribution in [0.4, 0.5) is 0 Å². The molecule has 1 saturated heterocycles. The van der Waals surface area contributed by atoms with Crippen molar-refractivity contribution in [1.82, 2.24) is 4.90 Å². The van der Waals surface area contributed by atoms with E-state index in [1.54, 1.807) is 0 Å². The summed E-state index contributed by atoms with van der Waals surface area (Å²) in [5.41, 5.74) is 0. The number of likely N-dealkylation sites (tertiary alicyclic amines) is 1. The minimum absolute atomic E-state index is 0.158. The Morgan fingerprint density at radius 1 is 0.947 bits per heavy atom. The second kappa shape index (κ2) is 5.64. The van der Waals surface area contributed by atoms with E-state index in [-0.39, 0.29) is 17.9 Å². The summed E-state index contributed by atoms with van der Waals surface area (Å²) in [5, 5.41) is 0. The highest BCUT2D eigenvalue weighted by Gasteiger charge is 2.40. The summed E-state index contributed by atoms with van der Waals surface area (Å²) < 4.78 is 0. The maximum absolute atomic E-state index is 12.7. The highest BCUT2D eigenvalue weighted by atomic mass is 16.2. The summed E-state index contributed by atoms with van der Waals surface area (Å²) in [6.45, 7) is 0.893. The molecule has 2 aliphatic carbocycles. The Labute approximate surface area is 115 Å². The molecule has 2 saturated carbocycles. The van der Waals surface area contributed by atoms with Gasteiger partial charge in [-0.25, -0.2) is 0 Å². The van der Waals surface area contributed by atoms with Gasteiger partial charge in [0.05, 0.1) is 0 Å². The normalized spacial score (nSPS) is 33.1. The van der Waals surface area contributed by atoms with E-state index in [0.29, 0.717) is 11.7 Å². The zero-order valence-corrected chi connectivity index (χ0v) is 11.8. The third kappa shape index (κ3) is 2.56. The predicted octanol–water partition coefficient (Wildman–Crippen LogP) is 2.93. The Morgan fingerprint density at radius 3 is 2.37 bits per heavy atom. The minimum Gasteiger partial charge on any atom is -0.339 e. The average molecular weight is 263 g/mol. The predicted molar refractivity (Wildman–Crippen MR) is 73.7 cm³/mol. The van der Waals surface area contributed by atoms with E-state index in [1.165, 1.54) is 19.3 Å². The van der Waals surface area contributed by atoms with E-state index >= 15 is 0 Å². The lowest BCUT2D eigenvalue weighted by molar-refractivity contribution is -0.141. The van der Waals surface area contributed by atoms with E-state index in [2.05, 4.69) is 4.90 Å². The van der Waals surface area contributed by atoms with Crippen LogP contribution in [0, 0.1) is 11.8 Å². The zero-order valence-electron chi connectivity index (χ0n) is 11.8. The van der Waals surface area contributed by atoms with E-state index in [0.717, 1.165) is 51.5 Å². The van der Waals surface area contributed by atoms with Gasteiger partial charge in [0, 0.05) is 30.8 Å². The molecular weight excluding hydrogens is 238 g/mol. The molecule has 106 valence electrons. The van der Waals surface area contributed by atoms with Gasteiger partial charge in [0.25, 0.3) is 0 Å². The van der Waals surface area contributed by atoms with Gasteiger partial charge >= 0.3 is 0 Å². The number of rotatable bonds is 2. The second-order valence-electron chi connectivity index (χ2n) is 6.54. The monoisotopic (exact) mass is 263 g/mol. The first kappa shape index (κ1) is 13.1. The SMILES string of the molecule is O=C1CCCC1C1CCCCN1C(=O)C1CCCC1. The molecule has 3 heteroatoms. The molecule has 1 aliphatic heterocycles. The number of hydrogen-bond acceptors (Lipinski definition) is 2. The van der Waals surface area contributed by atoms with Crippen LogP contribution in [-0.2, 0) is 9.59 Å². The summed E-state index contributed by atoms with van der Waals surface area (Å²) >= 11 is 0. The molecule has 0 aromatic carbocycles. The summed E-state index contributed by atoms with van der Waals surface area (Å²) in [7, 11) is 0. The molecule has 0 spiro atoms. The van der Waals surface area contributed by atoms with Crippen molar-refractivity contribution >= 4 is 11.7 Å². The van der Waals surface area contributed by atoms with E-state index < -0.39 is 0 Å².